The molecule has 0 radical (unpaired) electrons. The van der Waals surface area contributed by atoms with Gasteiger partial charge in [-0.3, -0.25) is 9.89 Å². The van der Waals surface area contributed by atoms with E-state index in [-0.39, 0.29) is 16.8 Å². The molecule has 1 fully saturated rings. The average molecular weight is 488 g/mol. The number of rotatable bonds is 8. The van der Waals surface area contributed by atoms with Crippen LogP contribution >= 0.6 is 11.8 Å². The fourth-order valence-electron chi connectivity index (χ4n) is 3.57. The number of nitrogens with one attached hydrogen (secondary N) is 2. The number of aromatic nitrogens is 3. The van der Waals surface area contributed by atoms with Gasteiger partial charge in [0.15, 0.2) is 5.16 Å². The van der Waals surface area contributed by atoms with Gasteiger partial charge in [0.25, 0.3) is 5.91 Å². The zero-order valence-corrected chi connectivity index (χ0v) is 19.7. The SMILES string of the molecule is COc1ccc(S(=O)(=O)N2CCC(NC(=O)c3ccc(CSc4ncn[nH]4)cc3)CC2)cc1. The van der Waals surface area contributed by atoms with Crippen LogP contribution in [0.2, 0.25) is 0 Å². The molecule has 0 bridgehead atoms. The molecule has 1 amide bonds. The number of nitrogens with zero attached hydrogens (tertiary/aromatic N) is 3. The molecule has 2 heterocycles. The molecular formula is C22H25N5O4S2. The van der Waals surface area contributed by atoms with Crippen molar-refractivity contribution >= 4 is 27.7 Å². The Morgan fingerprint density at radius 3 is 2.45 bits per heavy atom. The average Bonchev–Trinajstić information content (AvgIpc) is 3.37. The summed E-state index contributed by atoms with van der Waals surface area (Å²) in [6.07, 6.45) is 2.59. The molecule has 1 aliphatic rings. The van der Waals surface area contributed by atoms with E-state index >= 15 is 0 Å². The van der Waals surface area contributed by atoms with Gasteiger partial charge in [-0.05, 0) is 54.8 Å². The molecular weight excluding hydrogens is 462 g/mol. The highest BCUT2D eigenvalue weighted by molar-refractivity contribution is 7.98. The summed E-state index contributed by atoms with van der Waals surface area (Å²) in [6, 6.07) is 13.7. The van der Waals surface area contributed by atoms with Crippen LogP contribution in [0.15, 0.2) is 64.9 Å². The Hall–Kier alpha value is -2.89. The Bertz CT molecular complexity index is 1160. The van der Waals surface area contributed by atoms with Crippen LogP contribution in [0.4, 0.5) is 0 Å². The number of hydrogen-bond acceptors (Lipinski definition) is 7. The summed E-state index contributed by atoms with van der Waals surface area (Å²) in [6.45, 7) is 0.716. The van der Waals surface area contributed by atoms with E-state index in [1.165, 1.54) is 29.5 Å². The third kappa shape index (κ3) is 5.73. The number of carbonyl (C=O) groups is 1. The second-order valence-electron chi connectivity index (χ2n) is 7.60. The van der Waals surface area contributed by atoms with Crippen molar-refractivity contribution in [3.05, 3.63) is 66.0 Å². The largest absolute Gasteiger partial charge is 0.497 e. The van der Waals surface area contributed by atoms with E-state index in [1.54, 1.807) is 36.4 Å². The molecule has 174 valence electrons. The number of ether oxygens (including phenoxy) is 1. The Morgan fingerprint density at radius 1 is 1.15 bits per heavy atom. The van der Waals surface area contributed by atoms with Gasteiger partial charge >= 0.3 is 0 Å². The van der Waals surface area contributed by atoms with Gasteiger partial charge in [-0.2, -0.15) is 9.40 Å². The van der Waals surface area contributed by atoms with E-state index < -0.39 is 10.0 Å². The third-order valence-electron chi connectivity index (χ3n) is 5.47. The Balaban J connectivity index is 1.28. The van der Waals surface area contributed by atoms with Crippen LogP contribution in [-0.2, 0) is 15.8 Å². The van der Waals surface area contributed by atoms with Crippen molar-refractivity contribution in [2.24, 2.45) is 0 Å². The minimum absolute atomic E-state index is 0.0681. The second kappa shape index (κ2) is 10.4. The molecule has 0 aliphatic carbocycles. The van der Waals surface area contributed by atoms with Crippen molar-refractivity contribution in [2.75, 3.05) is 20.2 Å². The molecule has 0 saturated carbocycles. The number of amides is 1. The number of hydrogen-bond donors (Lipinski definition) is 2. The Morgan fingerprint density at radius 2 is 1.85 bits per heavy atom. The van der Waals surface area contributed by atoms with Gasteiger partial charge in [0, 0.05) is 30.4 Å². The predicted molar refractivity (Wildman–Crippen MR) is 125 cm³/mol. The first kappa shape index (κ1) is 23.3. The first-order chi connectivity index (χ1) is 16.0. The van der Waals surface area contributed by atoms with Gasteiger partial charge in [-0.25, -0.2) is 13.4 Å². The number of carbonyl (C=O) groups excluding carboxylic acids is 1. The van der Waals surface area contributed by atoms with Crippen molar-refractivity contribution in [1.29, 1.82) is 0 Å². The van der Waals surface area contributed by atoms with E-state index in [1.807, 2.05) is 12.1 Å². The molecule has 3 aromatic rings. The van der Waals surface area contributed by atoms with E-state index in [2.05, 4.69) is 20.5 Å². The van der Waals surface area contributed by atoms with E-state index in [9.17, 15) is 13.2 Å². The highest BCUT2D eigenvalue weighted by Gasteiger charge is 2.30. The number of sulfonamides is 1. The van der Waals surface area contributed by atoms with Crippen LogP contribution in [0.3, 0.4) is 0 Å². The van der Waals surface area contributed by atoms with Gasteiger partial charge in [0.1, 0.15) is 12.1 Å². The maximum atomic E-state index is 12.9. The number of benzene rings is 2. The lowest BCUT2D eigenvalue weighted by Crippen LogP contribution is -2.46. The molecule has 1 saturated heterocycles. The molecule has 2 aromatic carbocycles. The van der Waals surface area contributed by atoms with Crippen molar-refractivity contribution in [3.63, 3.8) is 0 Å². The molecule has 0 spiro atoms. The molecule has 4 rings (SSSR count). The van der Waals surface area contributed by atoms with Crippen LogP contribution in [0.1, 0.15) is 28.8 Å². The monoisotopic (exact) mass is 487 g/mol. The van der Waals surface area contributed by atoms with Gasteiger partial charge in [-0.15, -0.1) is 0 Å². The van der Waals surface area contributed by atoms with Gasteiger partial charge in [0.05, 0.1) is 12.0 Å². The van der Waals surface area contributed by atoms with Crippen molar-refractivity contribution in [2.45, 2.75) is 34.7 Å². The second-order valence-corrected chi connectivity index (χ2v) is 10.5. The molecule has 9 nitrogen and oxygen atoms in total. The van der Waals surface area contributed by atoms with Crippen LogP contribution in [0.25, 0.3) is 0 Å². The number of methoxy groups -OCH3 is 1. The standard InChI is InChI=1S/C22H25N5O4S2/c1-31-19-6-8-20(9-7-19)33(29,30)27-12-10-18(11-13-27)25-21(28)17-4-2-16(3-5-17)14-32-22-23-15-24-26-22/h2-9,15,18H,10-14H2,1H3,(H,25,28)(H,23,24,26). The van der Waals surface area contributed by atoms with Gasteiger partial charge < -0.3 is 10.1 Å². The topological polar surface area (TPSA) is 117 Å². The molecule has 1 aromatic heterocycles. The Kier molecular flexibility index (Phi) is 7.31. The summed E-state index contributed by atoms with van der Waals surface area (Å²) >= 11 is 1.54. The maximum absolute atomic E-state index is 12.9. The summed E-state index contributed by atoms with van der Waals surface area (Å²) in [7, 11) is -2.03. The molecule has 0 unspecified atom stereocenters. The molecule has 0 atom stereocenters. The highest BCUT2D eigenvalue weighted by atomic mass is 32.2. The number of thioether (sulfide) groups is 1. The number of piperidine rings is 1. The maximum Gasteiger partial charge on any atom is 0.251 e. The van der Waals surface area contributed by atoms with Crippen LogP contribution < -0.4 is 10.1 Å². The van der Waals surface area contributed by atoms with E-state index in [0.717, 1.165) is 16.5 Å². The van der Waals surface area contributed by atoms with Crippen molar-refractivity contribution < 1.29 is 17.9 Å². The minimum atomic E-state index is -3.57. The smallest absolute Gasteiger partial charge is 0.251 e. The fourth-order valence-corrected chi connectivity index (χ4v) is 5.78. The zero-order valence-electron chi connectivity index (χ0n) is 18.1. The lowest BCUT2D eigenvalue weighted by atomic mass is 10.1. The normalized spacial score (nSPS) is 15.3. The predicted octanol–water partition coefficient (Wildman–Crippen LogP) is 2.69. The molecule has 33 heavy (non-hydrogen) atoms. The number of aromatic amines is 1. The van der Waals surface area contributed by atoms with Crippen molar-refractivity contribution in [1.82, 2.24) is 24.8 Å². The summed E-state index contributed by atoms with van der Waals surface area (Å²) in [4.78, 5) is 17.0. The van der Waals surface area contributed by atoms with Crippen LogP contribution in [0, 0.1) is 0 Å². The summed E-state index contributed by atoms with van der Waals surface area (Å²) in [5.41, 5.74) is 1.65. The zero-order chi connectivity index (χ0) is 23.3. The molecule has 1 aliphatic heterocycles. The first-order valence-electron chi connectivity index (χ1n) is 10.5. The summed E-state index contributed by atoms with van der Waals surface area (Å²) in [5.74, 6) is 1.18. The lowest BCUT2D eigenvalue weighted by Gasteiger charge is -2.31. The van der Waals surface area contributed by atoms with Crippen LogP contribution in [0.5, 0.6) is 5.75 Å². The molecule has 11 heteroatoms. The minimum Gasteiger partial charge on any atom is -0.497 e. The summed E-state index contributed by atoms with van der Waals surface area (Å²) in [5, 5.41) is 10.4. The highest BCUT2D eigenvalue weighted by Crippen LogP contribution is 2.23. The van der Waals surface area contributed by atoms with Crippen molar-refractivity contribution in [3.8, 4) is 5.75 Å². The van der Waals surface area contributed by atoms with Gasteiger partial charge in [0.2, 0.25) is 10.0 Å². The lowest BCUT2D eigenvalue weighted by molar-refractivity contribution is 0.0924. The summed E-state index contributed by atoms with van der Waals surface area (Å²) < 4.78 is 32.3. The van der Waals surface area contributed by atoms with Gasteiger partial charge in [-0.1, -0.05) is 23.9 Å². The van der Waals surface area contributed by atoms with Crippen LogP contribution in [-0.4, -0.2) is 60.1 Å². The van der Waals surface area contributed by atoms with E-state index in [4.69, 9.17) is 4.74 Å². The number of H-pyrrole nitrogens is 1. The third-order valence-corrected chi connectivity index (χ3v) is 8.33. The molecule has 2 N–H and O–H groups in total. The Labute approximate surface area is 197 Å². The quantitative estimate of drug-likeness (QED) is 0.469. The first-order valence-corrected chi connectivity index (χ1v) is 12.9. The fraction of sp³-hybridized carbons (Fsp3) is 0.318. The van der Waals surface area contributed by atoms with E-state index in [0.29, 0.717) is 37.2 Å².